The van der Waals surface area contributed by atoms with E-state index in [2.05, 4.69) is 10.2 Å². The summed E-state index contributed by atoms with van der Waals surface area (Å²) in [6.45, 7) is 1.80. The molecule has 19 heavy (non-hydrogen) atoms. The summed E-state index contributed by atoms with van der Waals surface area (Å²) in [5.74, 6) is -4.12. The van der Waals surface area contributed by atoms with Crippen molar-refractivity contribution >= 4 is 5.97 Å². The van der Waals surface area contributed by atoms with Crippen LogP contribution in [0.5, 0.6) is 0 Å². The molecular formula is C12H9F3N2O2. The van der Waals surface area contributed by atoms with Crippen LogP contribution in [0.15, 0.2) is 18.2 Å². The quantitative estimate of drug-likeness (QED) is 0.689. The normalized spacial score (nSPS) is 10.5. The van der Waals surface area contributed by atoms with E-state index in [1.807, 2.05) is 0 Å². The molecule has 1 aromatic carbocycles. The van der Waals surface area contributed by atoms with Gasteiger partial charge in [0.1, 0.15) is 11.5 Å². The van der Waals surface area contributed by atoms with Crippen LogP contribution in [0.4, 0.5) is 13.2 Å². The number of ether oxygens (including phenoxy) is 1. The van der Waals surface area contributed by atoms with Crippen molar-refractivity contribution in [3.63, 3.8) is 0 Å². The van der Waals surface area contributed by atoms with E-state index in [1.54, 1.807) is 6.92 Å². The van der Waals surface area contributed by atoms with Crippen LogP contribution >= 0.6 is 0 Å². The molecule has 0 unspecified atom stereocenters. The van der Waals surface area contributed by atoms with Crippen molar-refractivity contribution in [2.24, 2.45) is 0 Å². The SMILES string of the molecule is CCOC(=O)c1cc(-c2cc(F)c(F)cc2F)n[nH]1. The Bertz CT molecular complexity index is 625. The van der Waals surface area contributed by atoms with E-state index in [1.165, 1.54) is 6.07 Å². The molecule has 0 atom stereocenters. The van der Waals surface area contributed by atoms with E-state index < -0.39 is 23.4 Å². The maximum absolute atomic E-state index is 13.5. The van der Waals surface area contributed by atoms with Gasteiger partial charge < -0.3 is 4.74 Å². The van der Waals surface area contributed by atoms with E-state index in [4.69, 9.17) is 4.74 Å². The van der Waals surface area contributed by atoms with Crippen LogP contribution in [-0.2, 0) is 4.74 Å². The number of hydrogen-bond acceptors (Lipinski definition) is 3. The van der Waals surface area contributed by atoms with Crippen molar-refractivity contribution in [2.75, 3.05) is 6.61 Å². The Kier molecular flexibility index (Phi) is 3.55. The summed E-state index contributed by atoms with van der Waals surface area (Å²) < 4.78 is 44.1. The van der Waals surface area contributed by atoms with E-state index in [-0.39, 0.29) is 23.6 Å². The van der Waals surface area contributed by atoms with Crippen LogP contribution in [0.25, 0.3) is 11.3 Å². The molecular weight excluding hydrogens is 261 g/mol. The van der Waals surface area contributed by atoms with Gasteiger partial charge in [0.2, 0.25) is 0 Å². The molecule has 7 heteroatoms. The second-order valence-corrected chi connectivity index (χ2v) is 3.63. The van der Waals surface area contributed by atoms with Gasteiger partial charge >= 0.3 is 5.97 Å². The molecule has 0 saturated heterocycles. The van der Waals surface area contributed by atoms with Crippen molar-refractivity contribution in [3.8, 4) is 11.3 Å². The number of carbonyl (C=O) groups excluding carboxylic acids is 1. The smallest absolute Gasteiger partial charge is 0.356 e. The highest BCUT2D eigenvalue weighted by molar-refractivity contribution is 5.88. The van der Waals surface area contributed by atoms with Crippen molar-refractivity contribution in [2.45, 2.75) is 6.92 Å². The number of rotatable bonds is 3. The van der Waals surface area contributed by atoms with Crippen molar-refractivity contribution in [3.05, 3.63) is 41.3 Å². The molecule has 0 radical (unpaired) electrons. The van der Waals surface area contributed by atoms with Gasteiger partial charge in [0.25, 0.3) is 0 Å². The zero-order valence-electron chi connectivity index (χ0n) is 9.84. The Morgan fingerprint density at radius 2 is 1.89 bits per heavy atom. The van der Waals surface area contributed by atoms with Gasteiger partial charge in [-0.2, -0.15) is 5.10 Å². The number of carbonyl (C=O) groups is 1. The Morgan fingerprint density at radius 1 is 1.21 bits per heavy atom. The lowest BCUT2D eigenvalue weighted by Crippen LogP contribution is -2.04. The van der Waals surface area contributed by atoms with Gasteiger partial charge in [-0.1, -0.05) is 0 Å². The minimum absolute atomic E-state index is 0.000910. The van der Waals surface area contributed by atoms with Gasteiger partial charge in [-0.15, -0.1) is 0 Å². The van der Waals surface area contributed by atoms with E-state index >= 15 is 0 Å². The monoisotopic (exact) mass is 270 g/mol. The van der Waals surface area contributed by atoms with Crippen LogP contribution in [-0.4, -0.2) is 22.8 Å². The third-order valence-electron chi connectivity index (χ3n) is 2.36. The molecule has 0 aliphatic rings. The molecule has 1 N–H and O–H groups in total. The average Bonchev–Trinajstić information content (AvgIpc) is 2.83. The number of hydrogen-bond donors (Lipinski definition) is 1. The van der Waals surface area contributed by atoms with Gasteiger partial charge in [0.15, 0.2) is 11.6 Å². The highest BCUT2D eigenvalue weighted by Crippen LogP contribution is 2.24. The first-order valence-electron chi connectivity index (χ1n) is 5.40. The van der Waals surface area contributed by atoms with E-state index in [9.17, 15) is 18.0 Å². The molecule has 0 aliphatic carbocycles. The molecule has 0 bridgehead atoms. The molecule has 0 spiro atoms. The van der Waals surface area contributed by atoms with Crippen molar-refractivity contribution in [1.29, 1.82) is 0 Å². The fourth-order valence-corrected chi connectivity index (χ4v) is 1.49. The molecule has 2 aromatic rings. The van der Waals surface area contributed by atoms with Gasteiger partial charge in [-0.05, 0) is 19.1 Å². The molecule has 2 rings (SSSR count). The van der Waals surface area contributed by atoms with Crippen LogP contribution in [0.1, 0.15) is 17.4 Å². The average molecular weight is 270 g/mol. The van der Waals surface area contributed by atoms with Crippen molar-refractivity contribution < 1.29 is 22.7 Å². The minimum Gasteiger partial charge on any atom is -0.461 e. The number of aromatic nitrogens is 2. The van der Waals surface area contributed by atoms with Gasteiger partial charge in [-0.3, -0.25) is 5.10 Å². The van der Waals surface area contributed by atoms with Crippen molar-refractivity contribution in [1.82, 2.24) is 10.2 Å². The zero-order chi connectivity index (χ0) is 14.0. The minimum atomic E-state index is -1.29. The fraction of sp³-hybridized carbons (Fsp3) is 0.167. The third kappa shape index (κ3) is 2.59. The van der Waals surface area contributed by atoms with Gasteiger partial charge in [0.05, 0.1) is 12.3 Å². The first-order chi connectivity index (χ1) is 9.02. The lowest BCUT2D eigenvalue weighted by molar-refractivity contribution is 0.0519. The second-order valence-electron chi connectivity index (χ2n) is 3.63. The summed E-state index contributed by atoms with van der Waals surface area (Å²) in [5, 5.41) is 6.01. The predicted molar refractivity (Wildman–Crippen MR) is 59.9 cm³/mol. The zero-order valence-corrected chi connectivity index (χ0v) is 9.84. The fourth-order valence-electron chi connectivity index (χ4n) is 1.49. The predicted octanol–water partition coefficient (Wildman–Crippen LogP) is 2.67. The summed E-state index contributed by atoms with van der Waals surface area (Å²) in [5.41, 5.74) is -0.258. The number of halogens is 3. The number of benzene rings is 1. The van der Waals surface area contributed by atoms with Crippen LogP contribution in [0, 0.1) is 17.5 Å². The summed E-state index contributed by atoms with van der Waals surface area (Å²) in [6, 6.07) is 2.30. The summed E-state index contributed by atoms with van der Waals surface area (Å²) in [6.07, 6.45) is 0. The largest absolute Gasteiger partial charge is 0.461 e. The standard InChI is InChI=1S/C12H9F3N2O2/c1-2-19-12(18)11-5-10(16-17-11)6-3-8(14)9(15)4-7(6)13/h3-5H,2H2,1H3,(H,16,17). The first kappa shape index (κ1) is 13.1. The molecule has 0 saturated carbocycles. The topological polar surface area (TPSA) is 55.0 Å². The van der Waals surface area contributed by atoms with E-state index in [0.717, 1.165) is 0 Å². The summed E-state index contributed by atoms with van der Waals surface area (Å²) in [4.78, 5) is 11.4. The molecule has 4 nitrogen and oxygen atoms in total. The van der Waals surface area contributed by atoms with Gasteiger partial charge in [-0.25, -0.2) is 18.0 Å². The Labute approximate surface area is 106 Å². The number of H-pyrrole nitrogens is 1. The second kappa shape index (κ2) is 5.13. The highest BCUT2D eigenvalue weighted by atomic mass is 19.2. The van der Waals surface area contributed by atoms with Gasteiger partial charge in [0, 0.05) is 11.6 Å². The molecule has 1 heterocycles. The lowest BCUT2D eigenvalue weighted by atomic mass is 10.1. The van der Waals surface area contributed by atoms with Crippen LogP contribution in [0.2, 0.25) is 0 Å². The lowest BCUT2D eigenvalue weighted by Gasteiger charge is -2.00. The maximum Gasteiger partial charge on any atom is 0.356 e. The first-order valence-corrected chi connectivity index (χ1v) is 5.40. The Morgan fingerprint density at radius 3 is 2.58 bits per heavy atom. The molecule has 100 valence electrons. The third-order valence-corrected chi connectivity index (χ3v) is 2.36. The summed E-state index contributed by atoms with van der Waals surface area (Å²) in [7, 11) is 0. The van der Waals surface area contributed by atoms with E-state index in [0.29, 0.717) is 12.1 Å². The highest BCUT2D eigenvalue weighted by Gasteiger charge is 2.16. The van der Waals surface area contributed by atoms with Crippen LogP contribution < -0.4 is 0 Å². The number of esters is 1. The Balaban J connectivity index is 2.38. The number of nitrogens with zero attached hydrogens (tertiary/aromatic N) is 1. The summed E-state index contributed by atoms with van der Waals surface area (Å²) >= 11 is 0. The maximum atomic E-state index is 13.5. The molecule has 1 aromatic heterocycles. The number of nitrogens with one attached hydrogen (secondary N) is 1. The molecule has 0 amide bonds. The van der Waals surface area contributed by atoms with Crippen LogP contribution in [0.3, 0.4) is 0 Å². The molecule has 0 fully saturated rings. The number of aromatic amines is 1. The molecule has 0 aliphatic heterocycles. The Hall–Kier alpha value is -2.31.